The maximum atomic E-state index is 10.4. The quantitative estimate of drug-likeness (QED) is 0.323. The van der Waals surface area contributed by atoms with Crippen LogP contribution in [0.5, 0.6) is 0 Å². The Morgan fingerprint density at radius 1 is 0.946 bits per heavy atom. The lowest BCUT2D eigenvalue weighted by Crippen LogP contribution is -2.40. The highest BCUT2D eigenvalue weighted by molar-refractivity contribution is 5.93. The Kier molecular flexibility index (Phi) is 8.98. The number of nitrogens with one attached hydrogen (secondary N) is 2. The molecule has 0 saturated carbocycles. The number of anilines is 1. The highest BCUT2D eigenvalue weighted by atomic mass is 16.8. The number of aliphatic hydroxyl groups is 1. The summed E-state index contributed by atoms with van der Waals surface area (Å²) in [6, 6.07) is 8.58. The Hall–Kier alpha value is -1.77. The highest BCUT2D eigenvalue weighted by Gasteiger charge is 2.53. The second-order valence-electron chi connectivity index (χ2n) is 11.4. The van der Waals surface area contributed by atoms with Gasteiger partial charge in [-0.05, 0) is 70.5 Å². The average Bonchev–Trinajstić information content (AvgIpc) is 3.35. The number of unbranched alkanes of at least 4 members (excludes halogenated alkanes) is 6. The van der Waals surface area contributed by atoms with Crippen LogP contribution in [0.1, 0.15) is 82.9 Å². The lowest BCUT2D eigenvalue weighted by Gasteiger charge is -2.23. The number of aromatic nitrogens is 1. The first-order valence-electron chi connectivity index (χ1n) is 14.6. The van der Waals surface area contributed by atoms with Gasteiger partial charge >= 0.3 is 0 Å². The lowest BCUT2D eigenvalue weighted by molar-refractivity contribution is -0.214. The number of pyridine rings is 1. The van der Waals surface area contributed by atoms with Crippen molar-refractivity contribution < 1.29 is 19.3 Å². The number of rotatable bonds is 13. The van der Waals surface area contributed by atoms with E-state index in [1.54, 1.807) is 0 Å². The van der Waals surface area contributed by atoms with Crippen molar-refractivity contribution in [3.63, 3.8) is 0 Å². The number of nitrogens with zero attached hydrogens (tertiary/aromatic N) is 1. The number of aryl methyl sites for hydroxylation is 1. The minimum absolute atomic E-state index is 0.268. The van der Waals surface area contributed by atoms with Crippen molar-refractivity contribution in [2.45, 2.75) is 115 Å². The smallest absolute Gasteiger partial charge is 0.190 e. The fourth-order valence-corrected chi connectivity index (χ4v) is 6.02. The molecule has 7 heteroatoms. The van der Waals surface area contributed by atoms with Crippen molar-refractivity contribution in [1.82, 2.24) is 10.3 Å². The van der Waals surface area contributed by atoms with Gasteiger partial charge in [0.2, 0.25) is 0 Å². The van der Waals surface area contributed by atoms with Crippen LogP contribution in [-0.4, -0.2) is 60.1 Å². The molecule has 0 spiro atoms. The second kappa shape index (κ2) is 12.4. The number of aliphatic hydroxyl groups excluding tert-OH is 1. The molecular formula is C30H45N3O4. The Labute approximate surface area is 221 Å². The molecule has 0 amide bonds. The number of para-hydroxylation sites is 1. The first kappa shape index (κ1) is 26.8. The molecule has 2 fully saturated rings. The van der Waals surface area contributed by atoms with Gasteiger partial charge in [0.25, 0.3) is 0 Å². The van der Waals surface area contributed by atoms with Crippen LogP contribution in [0.3, 0.4) is 0 Å². The van der Waals surface area contributed by atoms with Gasteiger partial charge in [0.15, 0.2) is 12.1 Å². The van der Waals surface area contributed by atoms with Crippen LogP contribution in [0.2, 0.25) is 0 Å². The molecule has 4 atom stereocenters. The summed E-state index contributed by atoms with van der Waals surface area (Å²) in [6.07, 6.45) is 11.8. The Morgan fingerprint density at radius 3 is 2.49 bits per heavy atom. The average molecular weight is 512 g/mol. The second-order valence-corrected chi connectivity index (χ2v) is 11.4. The molecule has 2 aromatic rings. The van der Waals surface area contributed by atoms with Crippen LogP contribution in [0.15, 0.2) is 24.3 Å². The summed E-state index contributed by atoms with van der Waals surface area (Å²) in [5.41, 5.74) is 5.24. The van der Waals surface area contributed by atoms with E-state index in [0.717, 1.165) is 37.9 Å². The third kappa shape index (κ3) is 6.63. The molecule has 7 nitrogen and oxygen atoms in total. The van der Waals surface area contributed by atoms with Gasteiger partial charge in [0, 0.05) is 29.9 Å². The van der Waals surface area contributed by atoms with Crippen LogP contribution in [0.4, 0.5) is 5.69 Å². The normalized spacial score (nSPS) is 26.4. The van der Waals surface area contributed by atoms with E-state index >= 15 is 0 Å². The zero-order chi connectivity index (χ0) is 25.7. The minimum Gasteiger partial charge on any atom is -0.387 e. The molecule has 0 bridgehead atoms. The number of benzene rings is 1. The SMILES string of the molecule is CC1(C)O[C@H]2O[C@H](CNCCCCCCCCCNc3c4c(nc5ccccc35)CCCC4)[C@H](O)[C@H]2O1. The first-order chi connectivity index (χ1) is 18.0. The van der Waals surface area contributed by atoms with Crippen molar-refractivity contribution in [2.75, 3.05) is 25.0 Å². The lowest BCUT2D eigenvalue weighted by atomic mass is 9.92. The van der Waals surface area contributed by atoms with Crippen LogP contribution in [0.25, 0.3) is 10.9 Å². The summed E-state index contributed by atoms with van der Waals surface area (Å²) in [5, 5.41) is 18.9. The van der Waals surface area contributed by atoms with Crippen molar-refractivity contribution in [3.8, 4) is 0 Å². The third-order valence-corrected chi connectivity index (χ3v) is 7.96. The van der Waals surface area contributed by atoms with E-state index in [1.807, 2.05) is 13.8 Å². The first-order valence-corrected chi connectivity index (χ1v) is 14.6. The molecule has 5 rings (SSSR count). The van der Waals surface area contributed by atoms with Gasteiger partial charge in [0.05, 0.1) is 5.52 Å². The predicted molar refractivity (Wildman–Crippen MR) is 147 cm³/mol. The van der Waals surface area contributed by atoms with Gasteiger partial charge in [-0.25, -0.2) is 0 Å². The Bertz CT molecular complexity index is 1030. The maximum absolute atomic E-state index is 10.4. The molecule has 3 aliphatic rings. The van der Waals surface area contributed by atoms with E-state index in [2.05, 4.69) is 34.9 Å². The van der Waals surface area contributed by atoms with Crippen LogP contribution in [-0.2, 0) is 27.1 Å². The monoisotopic (exact) mass is 511 g/mol. The van der Waals surface area contributed by atoms with Gasteiger partial charge in [-0.2, -0.15) is 0 Å². The predicted octanol–water partition coefficient (Wildman–Crippen LogP) is 5.08. The molecule has 2 saturated heterocycles. The minimum atomic E-state index is -0.681. The van der Waals surface area contributed by atoms with Gasteiger partial charge in [-0.1, -0.05) is 50.3 Å². The van der Waals surface area contributed by atoms with Crippen LogP contribution < -0.4 is 10.6 Å². The molecular weight excluding hydrogens is 466 g/mol. The largest absolute Gasteiger partial charge is 0.387 e. The van der Waals surface area contributed by atoms with Gasteiger partial charge in [0.1, 0.15) is 18.3 Å². The molecule has 1 aromatic carbocycles. The molecule has 0 unspecified atom stereocenters. The van der Waals surface area contributed by atoms with E-state index in [0.29, 0.717) is 6.54 Å². The number of fused-ring (bicyclic) bond motifs is 3. The molecule has 37 heavy (non-hydrogen) atoms. The van der Waals surface area contributed by atoms with E-state index in [-0.39, 0.29) is 12.2 Å². The van der Waals surface area contributed by atoms with Crippen molar-refractivity contribution >= 4 is 16.6 Å². The van der Waals surface area contributed by atoms with Crippen molar-refractivity contribution in [2.24, 2.45) is 0 Å². The fraction of sp³-hybridized carbons (Fsp3) is 0.700. The van der Waals surface area contributed by atoms with E-state index in [4.69, 9.17) is 19.2 Å². The number of hydrogen-bond acceptors (Lipinski definition) is 7. The van der Waals surface area contributed by atoms with Crippen LogP contribution in [0, 0.1) is 0 Å². The zero-order valence-corrected chi connectivity index (χ0v) is 22.6. The van der Waals surface area contributed by atoms with E-state index in [1.165, 1.54) is 73.7 Å². The molecule has 204 valence electrons. The summed E-state index contributed by atoms with van der Waals surface area (Å²) in [7, 11) is 0. The van der Waals surface area contributed by atoms with Gasteiger partial charge in [-0.15, -0.1) is 0 Å². The molecule has 0 radical (unpaired) electrons. The summed E-state index contributed by atoms with van der Waals surface area (Å²) < 4.78 is 17.3. The number of hydrogen-bond donors (Lipinski definition) is 3. The molecule has 2 aliphatic heterocycles. The van der Waals surface area contributed by atoms with E-state index < -0.39 is 18.2 Å². The summed E-state index contributed by atoms with van der Waals surface area (Å²) in [4.78, 5) is 4.95. The highest BCUT2D eigenvalue weighted by Crippen LogP contribution is 2.37. The van der Waals surface area contributed by atoms with Crippen molar-refractivity contribution in [3.05, 3.63) is 35.5 Å². The van der Waals surface area contributed by atoms with Crippen molar-refractivity contribution in [1.29, 1.82) is 0 Å². The van der Waals surface area contributed by atoms with Gasteiger partial charge in [-0.3, -0.25) is 4.98 Å². The van der Waals surface area contributed by atoms with Crippen LogP contribution >= 0.6 is 0 Å². The summed E-state index contributed by atoms with van der Waals surface area (Å²) in [6.45, 7) is 6.31. The third-order valence-electron chi connectivity index (χ3n) is 7.96. The Balaban J connectivity index is 0.910. The fourth-order valence-electron chi connectivity index (χ4n) is 6.02. The molecule has 3 N–H and O–H groups in total. The summed E-state index contributed by atoms with van der Waals surface area (Å²) in [5.74, 6) is -0.681. The maximum Gasteiger partial charge on any atom is 0.190 e. The molecule has 1 aliphatic carbocycles. The molecule has 3 heterocycles. The summed E-state index contributed by atoms with van der Waals surface area (Å²) >= 11 is 0. The zero-order valence-electron chi connectivity index (χ0n) is 22.6. The Morgan fingerprint density at radius 2 is 1.68 bits per heavy atom. The van der Waals surface area contributed by atoms with Gasteiger partial charge < -0.3 is 30.0 Å². The standard InChI is InChI=1S/C30H45N3O4/c1-30(2)36-28-27(34)25(35-29(28)37-30)20-31-18-12-6-4-3-5-7-13-19-32-26-21-14-8-10-16-23(21)33-24-17-11-9-15-22(24)26/h8,10,14,16,25,27-29,31,34H,3-7,9,11-13,15,17-20H2,1-2H3,(H,32,33)/t25-,27+,28-,29-/m1/s1. The number of ether oxygens (including phenoxy) is 3. The van der Waals surface area contributed by atoms with E-state index in [9.17, 15) is 5.11 Å². The topological polar surface area (TPSA) is 84.9 Å². The molecule has 1 aromatic heterocycles.